The number of pyridine rings is 1. The molecule has 0 aliphatic carbocycles. The molecule has 0 bridgehead atoms. The molecule has 0 saturated heterocycles. The first-order valence-corrected chi connectivity index (χ1v) is 5.34. The number of aromatic nitrogens is 1. The lowest BCUT2D eigenvalue weighted by Crippen LogP contribution is -1.87. The maximum Gasteiger partial charge on any atom is 0.0734 e. The number of hydrogen-bond acceptors (Lipinski definition) is 1. The normalized spacial score (nSPS) is 10.6. The van der Waals surface area contributed by atoms with E-state index in [-0.39, 0.29) is 0 Å². The minimum absolute atomic E-state index is 0.817. The monoisotopic (exact) mass is 235 g/mol. The fourth-order valence-corrected chi connectivity index (χ4v) is 1.72. The van der Waals surface area contributed by atoms with Gasteiger partial charge in [0.25, 0.3) is 0 Å². The van der Waals surface area contributed by atoms with Gasteiger partial charge in [-0.15, -0.1) is 0 Å². The Morgan fingerprint density at radius 1 is 1.23 bits per heavy atom. The minimum atomic E-state index is 0.817. The van der Waals surface area contributed by atoms with Gasteiger partial charge in [0.05, 0.1) is 11.2 Å². The summed E-state index contributed by atoms with van der Waals surface area (Å²) in [6.07, 6.45) is 0. The zero-order chi connectivity index (χ0) is 9.26. The molecule has 1 nitrogen and oxygen atoms in total. The molecule has 0 unspecified atom stereocenters. The third kappa shape index (κ3) is 1.59. The van der Waals surface area contributed by atoms with Crippen LogP contribution in [-0.4, -0.2) is 4.98 Å². The van der Waals surface area contributed by atoms with Crippen molar-refractivity contribution in [3.8, 4) is 0 Å². The third-order valence-electron chi connectivity index (χ3n) is 2.12. The highest BCUT2D eigenvalue weighted by Crippen LogP contribution is 2.17. The Hall–Kier alpha value is -0.890. The van der Waals surface area contributed by atoms with Gasteiger partial charge in [-0.05, 0) is 18.6 Å². The lowest BCUT2D eigenvalue weighted by atomic mass is 10.1. The van der Waals surface area contributed by atoms with Crippen LogP contribution in [0.4, 0.5) is 0 Å². The minimum Gasteiger partial charge on any atom is -0.252 e. The van der Waals surface area contributed by atoms with Gasteiger partial charge in [-0.2, -0.15) is 0 Å². The van der Waals surface area contributed by atoms with Crippen LogP contribution >= 0.6 is 15.9 Å². The molecule has 66 valence electrons. The highest BCUT2D eigenvalue weighted by molar-refractivity contribution is 9.08. The lowest BCUT2D eigenvalue weighted by Gasteiger charge is -2.02. The summed E-state index contributed by atoms with van der Waals surface area (Å²) in [5.74, 6) is 0. The van der Waals surface area contributed by atoms with Crippen molar-refractivity contribution in [2.45, 2.75) is 12.3 Å². The van der Waals surface area contributed by atoms with Crippen LogP contribution in [0.5, 0.6) is 0 Å². The van der Waals surface area contributed by atoms with E-state index in [4.69, 9.17) is 0 Å². The molecule has 0 spiro atoms. The Kier molecular flexibility index (Phi) is 2.32. The van der Waals surface area contributed by atoms with Gasteiger partial charge in [-0.3, -0.25) is 4.98 Å². The molecule has 0 aliphatic rings. The van der Waals surface area contributed by atoms with Crippen LogP contribution in [0.15, 0.2) is 30.3 Å². The van der Waals surface area contributed by atoms with Crippen molar-refractivity contribution in [1.29, 1.82) is 0 Å². The van der Waals surface area contributed by atoms with Gasteiger partial charge in [-0.1, -0.05) is 40.2 Å². The molecule has 2 aromatic rings. The maximum absolute atomic E-state index is 4.55. The average molecular weight is 236 g/mol. The largest absolute Gasteiger partial charge is 0.252 e. The van der Waals surface area contributed by atoms with Crippen molar-refractivity contribution in [2.75, 3.05) is 0 Å². The van der Waals surface area contributed by atoms with Gasteiger partial charge in [0.15, 0.2) is 0 Å². The molecule has 1 aromatic heterocycles. The van der Waals surface area contributed by atoms with E-state index in [1.807, 2.05) is 0 Å². The smallest absolute Gasteiger partial charge is 0.0734 e. The Balaban J connectivity index is 2.74. The summed E-state index contributed by atoms with van der Waals surface area (Å²) in [6, 6.07) is 10.4. The van der Waals surface area contributed by atoms with E-state index in [2.05, 4.69) is 58.2 Å². The van der Waals surface area contributed by atoms with Crippen molar-refractivity contribution >= 4 is 26.8 Å². The van der Waals surface area contributed by atoms with Crippen molar-refractivity contribution in [3.63, 3.8) is 0 Å². The zero-order valence-corrected chi connectivity index (χ0v) is 9.01. The summed E-state index contributed by atoms with van der Waals surface area (Å²) >= 11 is 3.41. The van der Waals surface area contributed by atoms with Gasteiger partial charge < -0.3 is 0 Å². The Morgan fingerprint density at radius 2 is 2.08 bits per heavy atom. The SMILES string of the molecule is Cc1cccc2ccc(CBr)nc12. The molecule has 0 amide bonds. The molecule has 2 rings (SSSR count). The van der Waals surface area contributed by atoms with E-state index in [1.54, 1.807) is 0 Å². The third-order valence-corrected chi connectivity index (χ3v) is 2.69. The molecule has 0 radical (unpaired) electrons. The number of nitrogens with zero attached hydrogens (tertiary/aromatic N) is 1. The number of alkyl halides is 1. The molecule has 0 aliphatic heterocycles. The van der Waals surface area contributed by atoms with E-state index < -0.39 is 0 Å². The first-order chi connectivity index (χ1) is 6.31. The van der Waals surface area contributed by atoms with Crippen molar-refractivity contribution in [2.24, 2.45) is 0 Å². The standard InChI is InChI=1S/C11H10BrN/c1-8-3-2-4-9-5-6-10(7-12)13-11(8)9/h2-6H,7H2,1H3. The predicted molar refractivity (Wildman–Crippen MR) is 59.1 cm³/mol. The van der Waals surface area contributed by atoms with Crippen LogP contribution in [0.2, 0.25) is 0 Å². The number of rotatable bonds is 1. The zero-order valence-electron chi connectivity index (χ0n) is 7.42. The number of para-hydroxylation sites is 1. The second kappa shape index (κ2) is 3.46. The average Bonchev–Trinajstić information content (AvgIpc) is 2.18. The van der Waals surface area contributed by atoms with Gasteiger partial charge in [0, 0.05) is 10.7 Å². The highest BCUT2D eigenvalue weighted by Gasteiger charge is 1.98. The van der Waals surface area contributed by atoms with E-state index in [0.29, 0.717) is 0 Å². The summed E-state index contributed by atoms with van der Waals surface area (Å²) in [6.45, 7) is 2.09. The first-order valence-electron chi connectivity index (χ1n) is 4.22. The molecule has 0 N–H and O–H groups in total. The van der Waals surface area contributed by atoms with Crippen molar-refractivity contribution in [3.05, 3.63) is 41.6 Å². The number of halogens is 1. The predicted octanol–water partition coefficient (Wildman–Crippen LogP) is 3.44. The Morgan fingerprint density at radius 3 is 2.85 bits per heavy atom. The number of hydrogen-bond donors (Lipinski definition) is 0. The molecule has 13 heavy (non-hydrogen) atoms. The quantitative estimate of drug-likeness (QED) is 0.691. The van der Waals surface area contributed by atoms with Crippen LogP contribution in [0.3, 0.4) is 0 Å². The summed E-state index contributed by atoms with van der Waals surface area (Å²) < 4.78 is 0. The van der Waals surface area contributed by atoms with Crippen LogP contribution in [0.1, 0.15) is 11.3 Å². The Labute approximate surface area is 85.9 Å². The molecule has 1 aromatic carbocycles. The molecule has 0 atom stereocenters. The molecular weight excluding hydrogens is 226 g/mol. The second-order valence-electron chi connectivity index (χ2n) is 3.08. The first kappa shape index (κ1) is 8.70. The molecule has 2 heteroatoms. The summed E-state index contributed by atoms with van der Waals surface area (Å²) in [5.41, 5.74) is 3.43. The van der Waals surface area contributed by atoms with E-state index in [1.165, 1.54) is 10.9 Å². The van der Waals surface area contributed by atoms with Gasteiger partial charge in [0.1, 0.15) is 0 Å². The number of aryl methyl sites for hydroxylation is 1. The van der Waals surface area contributed by atoms with Gasteiger partial charge in [0.2, 0.25) is 0 Å². The second-order valence-corrected chi connectivity index (χ2v) is 3.64. The molecule has 0 fully saturated rings. The van der Waals surface area contributed by atoms with Gasteiger partial charge >= 0.3 is 0 Å². The summed E-state index contributed by atoms with van der Waals surface area (Å²) in [5, 5.41) is 2.03. The summed E-state index contributed by atoms with van der Waals surface area (Å²) in [4.78, 5) is 4.55. The highest BCUT2D eigenvalue weighted by atomic mass is 79.9. The van der Waals surface area contributed by atoms with Crippen LogP contribution in [-0.2, 0) is 5.33 Å². The maximum atomic E-state index is 4.55. The van der Waals surface area contributed by atoms with Crippen LogP contribution < -0.4 is 0 Å². The van der Waals surface area contributed by atoms with E-state index in [0.717, 1.165) is 16.5 Å². The van der Waals surface area contributed by atoms with Crippen LogP contribution in [0.25, 0.3) is 10.9 Å². The van der Waals surface area contributed by atoms with Crippen molar-refractivity contribution < 1.29 is 0 Å². The Bertz CT molecular complexity index is 437. The number of benzene rings is 1. The topological polar surface area (TPSA) is 12.9 Å². The summed E-state index contributed by atoms with van der Waals surface area (Å²) in [7, 11) is 0. The fourth-order valence-electron chi connectivity index (χ4n) is 1.41. The van der Waals surface area contributed by atoms with Crippen LogP contribution in [0, 0.1) is 6.92 Å². The number of fused-ring (bicyclic) bond motifs is 1. The van der Waals surface area contributed by atoms with Crippen molar-refractivity contribution in [1.82, 2.24) is 4.98 Å². The lowest BCUT2D eigenvalue weighted by molar-refractivity contribution is 1.22. The fraction of sp³-hybridized carbons (Fsp3) is 0.182. The van der Waals surface area contributed by atoms with E-state index in [9.17, 15) is 0 Å². The molecule has 0 saturated carbocycles. The van der Waals surface area contributed by atoms with Gasteiger partial charge in [-0.25, -0.2) is 0 Å². The molecular formula is C11H10BrN. The molecule has 1 heterocycles. The van der Waals surface area contributed by atoms with E-state index >= 15 is 0 Å².